The molecule has 0 aromatic heterocycles. The van der Waals surface area contributed by atoms with Crippen molar-refractivity contribution in [1.29, 1.82) is 0 Å². The Labute approximate surface area is 163 Å². The van der Waals surface area contributed by atoms with Gasteiger partial charge >= 0.3 is 0 Å². The molecular weight excluding hydrogens is 334 g/mol. The highest BCUT2D eigenvalue weighted by atomic mass is 16.5. The van der Waals surface area contributed by atoms with Gasteiger partial charge in [-0.1, -0.05) is 38.1 Å². The van der Waals surface area contributed by atoms with Crippen LogP contribution in [0.15, 0.2) is 42.6 Å². The molecule has 0 fully saturated rings. The highest BCUT2D eigenvalue weighted by molar-refractivity contribution is 5.97. The second-order valence-electron chi connectivity index (χ2n) is 7.70. The Balaban J connectivity index is 2.30. The molecule has 2 atom stereocenters. The van der Waals surface area contributed by atoms with Gasteiger partial charge in [0.05, 0.1) is 0 Å². The number of aliphatic hydroxyl groups is 1. The molecular formula is C24H32NO2+. The Kier molecular flexibility index (Phi) is 6.46. The van der Waals surface area contributed by atoms with E-state index >= 15 is 0 Å². The molecule has 27 heavy (non-hydrogen) atoms. The number of benzene rings is 2. The molecule has 3 heteroatoms. The van der Waals surface area contributed by atoms with Crippen LogP contribution < -0.4 is 0 Å². The Morgan fingerprint density at radius 3 is 2.56 bits per heavy atom. The Morgan fingerprint density at radius 2 is 1.93 bits per heavy atom. The van der Waals surface area contributed by atoms with Gasteiger partial charge in [-0.25, -0.2) is 4.58 Å². The Morgan fingerprint density at radius 1 is 1.19 bits per heavy atom. The van der Waals surface area contributed by atoms with Crippen molar-refractivity contribution in [2.45, 2.75) is 51.5 Å². The molecule has 2 aromatic rings. The van der Waals surface area contributed by atoms with Crippen molar-refractivity contribution in [1.82, 2.24) is 0 Å². The van der Waals surface area contributed by atoms with Crippen molar-refractivity contribution in [3.05, 3.63) is 59.3 Å². The number of methoxy groups -OCH3 is 1. The molecule has 144 valence electrons. The zero-order valence-corrected chi connectivity index (χ0v) is 17.0. The van der Waals surface area contributed by atoms with Gasteiger partial charge in [-0.2, -0.15) is 0 Å². The summed E-state index contributed by atoms with van der Waals surface area (Å²) < 4.78 is 7.74. The third kappa shape index (κ3) is 3.85. The highest BCUT2D eigenvalue weighted by Gasteiger charge is 2.37. The van der Waals surface area contributed by atoms with E-state index in [9.17, 15) is 5.11 Å². The predicted molar refractivity (Wildman–Crippen MR) is 113 cm³/mol. The summed E-state index contributed by atoms with van der Waals surface area (Å²) in [6.45, 7) is 7.47. The molecule has 0 saturated carbocycles. The van der Waals surface area contributed by atoms with Crippen LogP contribution in [0.2, 0.25) is 0 Å². The van der Waals surface area contributed by atoms with Crippen molar-refractivity contribution in [2.75, 3.05) is 20.3 Å². The van der Waals surface area contributed by atoms with Gasteiger partial charge in [-0.15, -0.1) is 0 Å². The van der Waals surface area contributed by atoms with Crippen LogP contribution in [0.25, 0.3) is 10.8 Å². The predicted octanol–water partition coefficient (Wildman–Crippen LogP) is 4.81. The van der Waals surface area contributed by atoms with Gasteiger partial charge in [-0.3, -0.25) is 0 Å². The Hall–Kier alpha value is -1.97. The molecule has 1 N–H and O–H groups in total. The summed E-state index contributed by atoms with van der Waals surface area (Å²) in [5.41, 5.74) is 4.10. The monoisotopic (exact) mass is 366 g/mol. The minimum absolute atomic E-state index is 0.188. The van der Waals surface area contributed by atoms with Crippen LogP contribution in [0.3, 0.4) is 0 Å². The number of ether oxygens (including phenoxy) is 1. The van der Waals surface area contributed by atoms with Crippen molar-refractivity contribution < 1.29 is 14.4 Å². The molecule has 3 nitrogen and oxygen atoms in total. The first-order valence-corrected chi connectivity index (χ1v) is 10.0. The molecule has 1 aliphatic rings. The first-order valence-electron chi connectivity index (χ1n) is 10.0. The van der Waals surface area contributed by atoms with Gasteiger partial charge < -0.3 is 9.84 Å². The normalized spacial score (nSPS) is 19.7. The molecule has 2 unspecified atom stereocenters. The summed E-state index contributed by atoms with van der Waals surface area (Å²) in [7, 11) is 1.76. The second kappa shape index (κ2) is 8.81. The van der Waals surface area contributed by atoms with Gasteiger partial charge in [0.1, 0.15) is 0 Å². The molecule has 0 saturated heterocycles. The van der Waals surface area contributed by atoms with Gasteiger partial charge in [0.15, 0.2) is 18.5 Å². The summed E-state index contributed by atoms with van der Waals surface area (Å²) in [5, 5.41) is 12.4. The largest absolute Gasteiger partial charge is 0.396 e. The number of allylic oxidation sites excluding steroid dienone is 1. The minimum Gasteiger partial charge on any atom is -0.396 e. The number of hydrogen-bond acceptors (Lipinski definition) is 2. The number of aliphatic hydroxyl groups excluding tert-OH is 1. The summed E-state index contributed by atoms with van der Waals surface area (Å²) >= 11 is 0. The van der Waals surface area contributed by atoms with Crippen molar-refractivity contribution in [3.63, 3.8) is 0 Å². The van der Waals surface area contributed by atoms with E-state index in [0.29, 0.717) is 11.8 Å². The summed E-state index contributed by atoms with van der Waals surface area (Å²) in [4.78, 5) is 0. The lowest BCUT2D eigenvalue weighted by atomic mass is 9.77. The first kappa shape index (κ1) is 19.8. The van der Waals surface area contributed by atoms with E-state index in [1.165, 1.54) is 27.5 Å². The van der Waals surface area contributed by atoms with Gasteiger partial charge in [0.25, 0.3) is 0 Å². The topological polar surface area (TPSA) is 32.5 Å². The molecule has 3 rings (SSSR count). The molecule has 0 bridgehead atoms. The van der Waals surface area contributed by atoms with Gasteiger partial charge in [0, 0.05) is 38.2 Å². The molecule has 1 aliphatic heterocycles. The molecule has 0 radical (unpaired) electrons. The van der Waals surface area contributed by atoms with E-state index in [2.05, 4.69) is 67.2 Å². The van der Waals surface area contributed by atoms with Gasteiger partial charge in [-0.05, 0) is 53.3 Å². The van der Waals surface area contributed by atoms with E-state index in [1.54, 1.807) is 7.11 Å². The maximum Gasteiger partial charge on any atom is 0.176 e. The van der Waals surface area contributed by atoms with E-state index in [0.717, 1.165) is 19.4 Å². The van der Waals surface area contributed by atoms with Crippen molar-refractivity contribution in [3.8, 4) is 0 Å². The van der Waals surface area contributed by atoms with Crippen LogP contribution in [0.1, 0.15) is 62.1 Å². The smallest absolute Gasteiger partial charge is 0.176 e. The first-order chi connectivity index (χ1) is 13.1. The average Bonchev–Trinajstić information content (AvgIpc) is 2.67. The maximum absolute atomic E-state index is 9.73. The average molecular weight is 367 g/mol. The summed E-state index contributed by atoms with van der Waals surface area (Å²) in [6.07, 6.45) is 8.16. The molecule has 0 amide bonds. The summed E-state index contributed by atoms with van der Waals surface area (Å²) in [6, 6.07) is 11.4. The lowest BCUT2D eigenvalue weighted by Gasteiger charge is -2.30. The minimum atomic E-state index is 0.188. The second-order valence-corrected chi connectivity index (χ2v) is 7.70. The van der Waals surface area contributed by atoms with Gasteiger partial charge in [0.2, 0.25) is 0 Å². The van der Waals surface area contributed by atoms with E-state index in [1.807, 2.05) is 6.92 Å². The highest BCUT2D eigenvalue weighted by Crippen LogP contribution is 2.40. The molecule has 0 aliphatic carbocycles. The lowest BCUT2D eigenvalue weighted by Crippen LogP contribution is -2.36. The molecule has 0 spiro atoms. The number of rotatable bonds is 7. The Bertz CT molecular complexity index is 851. The van der Waals surface area contributed by atoms with Crippen molar-refractivity contribution in [2.24, 2.45) is 0 Å². The zero-order valence-electron chi connectivity index (χ0n) is 17.0. The lowest BCUT2D eigenvalue weighted by molar-refractivity contribution is -0.504. The SMILES string of the molecule is C/C=C\[N+]1=Cc2cc(C(C)C)c3ccccc3c2C(CCOC)C1CCO. The quantitative estimate of drug-likeness (QED) is 0.713. The zero-order chi connectivity index (χ0) is 19.4. The van der Waals surface area contributed by atoms with E-state index < -0.39 is 0 Å². The van der Waals surface area contributed by atoms with Crippen molar-refractivity contribution >= 4 is 17.0 Å². The molecule has 1 heterocycles. The molecule has 2 aromatic carbocycles. The van der Waals surface area contributed by atoms with Crippen LogP contribution >= 0.6 is 0 Å². The fourth-order valence-electron chi connectivity index (χ4n) is 4.49. The van der Waals surface area contributed by atoms with Crippen LogP contribution in [0.4, 0.5) is 0 Å². The number of hydrogen-bond donors (Lipinski definition) is 1. The summed E-state index contributed by atoms with van der Waals surface area (Å²) in [5.74, 6) is 0.788. The third-order valence-corrected chi connectivity index (χ3v) is 5.66. The van der Waals surface area contributed by atoms with Crippen LogP contribution in [-0.4, -0.2) is 42.3 Å². The fraction of sp³-hybridized carbons (Fsp3) is 0.458. The van der Waals surface area contributed by atoms with Crippen LogP contribution in [0, 0.1) is 0 Å². The fourth-order valence-corrected chi connectivity index (χ4v) is 4.49. The maximum atomic E-state index is 9.73. The van der Waals surface area contributed by atoms with E-state index in [-0.39, 0.29) is 12.6 Å². The van der Waals surface area contributed by atoms with Crippen LogP contribution in [0.5, 0.6) is 0 Å². The number of nitrogens with zero attached hydrogens (tertiary/aromatic N) is 1. The van der Waals surface area contributed by atoms with E-state index in [4.69, 9.17) is 4.74 Å². The standard InChI is InChI=1S/C24H32NO2/c1-5-12-25-16-18-15-22(17(2)3)19-8-6-7-9-20(19)24(18)21(11-14-27-4)23(25)10-13-26/h5-9,12,15-17,21,23,26H,10-11,13-14H2,1-4H3/q+1/b12-5-. The third-order valence-electron chi connectivity index (χ3n) is 5.66. The number of fused-ring (bicyclic) bond motifs is 3. The van der Waals surface area contributed by atoms with Crippen LogP contribution in [-0.2, 0) is 4.74 Å².